The van der Waals surface area contributed by atoms with Crippen LogP contribution in [0.2, 0.25) is 0 Å². The molecule has 4 rings (SSSR count). The molecule has 2 aromatic heterocycles. The molecule has 1 aromatic carbocycles. The van der Waals surface area contributed by atoms with Crippen LogP contribution in [-0.4, -0.2) is 23.9 Å². The van der Waals surface area contributed by atoms with E-state index in [-0.39, 0.29) is 11.3 Å². The Kier molecular flexibility index (Phi) is 4.44. The van der Waals surface area contributed by atoms with Gasteiger partial charge in [-0.25, -0.2) is 4.98 Å². The molecule has 1 aliphatic heterocycles. The molecule has 1 unspecified atom stereocenters. The maximum absolute atomic E-state index is 14.1. The maximum atomic E-state index is 14.1. The van der Waals surface area contributed by atoms with Gasteiger partial charge in [0.25, 0.3) is 5.60 Å². The van der Waals surface area contributed by atoms with Crippen molar-refractivity contribution in [3.05, 3.63) is 59.5 Å². The van der Waals surface area contributed by atoms with Crippen LogP contribution in [-0.2, 0) is 16.6 Å². The van der Waals surface area contributed by atoms with E-state index in [1.54, 1.807) is 7.05 Å². The van der Waals surface area contributed by atoms with Crippen LogP contribution < -0.4 is 5.32 Å². The molecule has 0 spiro atoms. The van der Waals surface area contributed by atoms with Crippen molar-refractivity contribution < 1.29 is 35.6 Å². The van der Waals surface area contributed by atoms with E-state index in [1.807, 2.05) is 0 Å². The second-order valence-corrected chi connectivity index (χ2v) is 6.64. The highest BCUT2D eigenvalue weighted by Crippen LogP contribution is 2.50. The number of nitrogens with zero attached hydrogens (tertiary/aromatic N) is 2. The number of furan rings is 1. The number of hydrogen-bond donors (Lipinski definition) is 1. The summed E-state index contributed by atoms with van der Waals surface area (Å²) < 4.78 is 86.7. The molecule has 1 atom stereocenters. The number of rotatable bonds is 3. The molecule has 11 heteroatoms. The second kappa shape index (κ2) is 6.64. The van der Waals surface area contributed by atoms with Crippen LogP contribution in [0.5, 0.6) is 0 Å². The van der Waals surface area contributed by atoms with Gasteiger partial charge in [-0.2, -0.15) is 26.3 Å². The standard InChI is InChI=1S/C19H13F6N3O2/c1-26-16-15-12(5-6-29-15)13(9-27-16)14-8-17(30-28-14,19(23,24)25)10-3-2-4-11(7-10)18(20,21)22/h2-7,9H,8H2,1H3,(H,26,27). The van der Waals surface area contributed by atoms with Crippen molar-refractivity contribution in [1.29, 1.82) is 0 Å². The van der Waals surface area contributed by atoms with Gasteiger partial charge >= 0.3 is 12.4 Å². The molecule has 0 amide bonds. The summed E-state index contributed by atoms with van der Waals surface area (Å²) in [6.45, 7) is 0. The van der Waals surface area contributed by atoms with Crippen LogP contribution in [0.3, 0.4) is 0 Å². The van der Waals surface area contributed by atoms with Crippen LogP contribution in [0.1, 0.15) is 23.1 Å². The van der Waals surface area contributed by atoms with Crippen molar-refractivity contribution in [3.8, 4) is 0 Å². The molecule has 0 saturated heterocycles. The lowest BCUT2D eigenvalue weighted by molar-refractivity contribution is -0.276. The predicted octanol–water partition coefficient (Wildman–Crippen LogP) is 5.47. The van der Waals surface area contributed by atoms with E-state index in [4.69, 9.17) is 9.25 Å². The highest BCUT2D eigenvalue weighted by Gasteiger charge is 2.62. The topological polar surface area (TPSA) is 59.7 Å². The Bertz CT molecular complexity index is 1140. The number of halogens is 6. The first-order chi connectivity index (χ1) is 14.1. The van der Waals surface area contributed by atoms with Gasteiger partial charge in [-0.3, -0.25) is 0 Å². The minimum absolute atomic E-state index is 0.105. The lowest BCUT2D eigenvalue weighted by Crippen LogP contribution is -2.42. The van der Waals surface area contributed by atoms with Gasteiger partial charge in [0.05, 0.1) is 24.0 Å². The van der Waals surface area contributed by atoms with E-state index in [2.05, 4.69) is 15.5 Å². The molecule has 3 heterocycles. The van der Waals surface area contributed by atoms with Gasteiger partial charge in [-0.15, -0.1) is 0 Å². The molecule has 3 aromatic rings. The summed E-state index contributed by atoms with van der Waals surface area (Å²) in [4.78, 5) is 8.93. The Morgan fingerprint density at radius 3 is 2.53 bits per heavy atom. The normalized spacial score (nSPS) is 19.6. The van der Waals surface area contributed by atoms with Gasteiger partial charge in [0.2, 0.25) is 0 Å². The van der Waals surface area contributed by atoms with E-state index in [1.165, 1.54) is 18.5 Å². The number of hydrogen-bond acceptors (Lipinski definition) is 5. The number of anilines is 1. The summed E-state index contributed by atoms with van der Waals surface area (Å²) in [5, 5.41) is 6.83. The fraction of sp³-hybridized carbons (Fsp3) is 0.263. The summed E-state index contributed by atoms with van der Waals surface area (Å²) in [6, 6.07) is 4.51. The number of benzene rings is 1. The fourth-order valence-electron chi connectivity index (χ4n) is 3.36. The van der Waals surface area contributed by atoms with Gasteiger partial charge in [0, 0.05) is 29.8 Å². The Hall–Kier alpha value is -3.24. The first-order valence-corrected chi connectivity index (χ1v) is 8.60. The molecule has 1 N–H and O–H groups in total. The van der Waals surface area contributed by atoms with E-state index >= 15 is 0 Å². The van der Waals surface area contributed by atoms with Crippen molar-refractivity contribution in [2.24, 2.45) is 5.16 Å². The smallest absolute Gasteiger partial charge is 0.435 e. The Labute approximate surface area is 165 Å². The number of aromatic nitrogens is 1. The zero-order valence-corrected chi connectivity index (χ0v) is 15.2. The molecular weight excluding hydrogens is 416 g/mol. The SMILES string of the molecule is CNc1ncc(C2=NOC(c3cccc(C(F)(F)F)c3)(C(F)(F)F)C2)c2ccoc12. The molecule has 30 heavy (non-hydrogen) atoms. The van der Waals surface area contributed by atoms with E-state index in [9.17, 15) is 26.3 Å². The third-order valence-electron chi connectivity index (χ3n) is 4.88. The number of oxime groups is 1. The van der Waals surface area contributed by atoms with Gasteiger partial charge in [0.1, 0.15) is 0 Å². The van der Waals surface area contributed by atoms with Crippen LogP contribution in [0.15, 0.2) is 52.4 Å². The lowest BCUT2D eigenvalue weighted by Gasteiger charge is -2.30. The Balaban J connectivity index is 1.79. The molecule has 0 radical (unpaired) electrons. The third kappa shape index (κ3) is 3.04. The average Bonchev–Trinajstić information content (AvgIpc) is 3.34. The van der Waals surface area contributed by atoms with E-state index in [0.717, 1.165) is 12.1 Å². The summed E-state index contributed by atoms with van der Waals surface area (Å²) in [6.07, 6.45) is -8.00. The van der Waals surface area contributed by atoms with Crippen LogP contribution in [0.4, 0.5) is 32.2 Å². The van der Waals surface area contributed by atoms with Crippen molar-refractivity contribution in [2.45, 2.75) is 24.4 Å². The molecule has 1 aliphatic rings. The average molecular weight is 429 g/mol. The van der Waals surface area contributed by atoms with Gasteiger partial charge in [-0.1, -0.05) is 17.3 Å². The zero-order chi connectivity index (χ0) is 21.7. The van der Waals surface area contributed by atoms with Gasteiger partial charge in [0.15, 0.2) is 11.4 Å². The minimum atomic E-state index is -5.03. The predicted molar refractivity (Wildman–Crippen MR) is 95.0 cm³/mol. The molecule has 0 aliphatic carbocycles. The summed E-state index contributed by atoms with van der Waals surface area (Å²) >= 11 is 0. The summed E-state index contributed by atoms with van der Waals surface area (Å²) in [5.74, 6) is 0.373. The highest BCUT2D eigenvalue weighted by molar-refractivity contribution is 6.12. The Morgan fingerprint density at radius 1 is 1.10 bits per heavy atom. The molecule has 0 fully saturated rings. The second-order valence-electron chi connectivity index (χ2n) is 6.64. The summed E-state index contributed by atoms with van der Waals surface area (Å²) in [7, 11) is 1.60. The highest BCUT2D eigenvalue weighted by atomic mass is 19.4. The largest absolute Gasteiger partial charge is 0.460 e. The van der Waals surface area contributed by atoms with E-state index < -0.39 is 35.5 Å². The Morgan fingerprint density at radius 2 is 1.87 bits per heavy atom. The molecule has 158 valence electrons. The van der Waals surface area contributed by atoms with Crippen molar-refractivity contribution >= 4 is 22.5 Å². The number of alkyl halides is 6. The maximum Gasteiger partial charge on any atom is 0.435 e. The summed E-state index contributed by atoms with van der Waals surface area (Å²) in [5.41, 5.74) is -4.52. The first kappa shape index (κ1) is 20.0. The van der Waals surface area contributed by atoms with Crippen LogP contribution in [0, 0.1) is 0 Å². The lowest BCUT2D eigenvalue weighted by atomic mass is 9.85. The number of pyridine rings is 1. The van der Waals surface area contributed by atoms with Crippen molar-refractivity contribution in [1.82, 2.24) is 4.98 Å². The van der Waals surface area contributed by atoms with E-state index in [0.29, 0.717) is 28.9 Å². The minimum Gasteiger partial charge on any atom is -0.460 e. The molecular formula is C19H13F6N3O2. The van der Waals surface area contributed by atoms with Crippen LogP contribution >= 0.6 is 0 Å². The fourth-order valence-corrected chi connectivity index (χ4v) is 3.36. The van der Waals surface area contributed by atoms with Crippen LogP contribution in [0.25, 0.3) is 11.0 Å². The number of fused-ring (bicyclic) bond motifs is 1. The first-order valence-electron chi connectivity index (χ1n) is 8.60. The van der Waals surface area contributed by atoms with Crippen molar-refractivity contribution in [3.63, 3.8) is 0 Å². The monoisotopic (exact) mass is 429 g/mol. The molecule has 0 bridgehead atoms. The van der Waals surface area contributed by atoms with Crippen molar-refractivity contribution in [2.75, 3.05) is 12.4 Å². The van der Waals surface area contributed by atoms with Gasteiger partial charge < -0.3 is 14.6 Å². The third-order valence-corrected chi connectivity index (χ3v) is 4.88. The molecule has 5 nitrogen and oxygen atoms in total. The molecule has 0 saturated carbocycles. The van der Waals surface area contributed by atoms with Gasteiger partial charge in [-0.05, 0) is 18.2 Å². The quantitative estimate of drug-likeness (QED) is 0.561. The zero-order valence-electron chi connectivity index (χ0n) is 15.2. The number of nitrogens with one attached hydrogen (secondary N) is 1.